The van der Waals surface area contributed by atoms with Crippen LogP contribution in [0.2, 0.25) is 0 Å². The fourth-order valence-corrected chi connectivity index (χ4v) is 1.43. The molecule has 1 aromatic rings. The Morgan fingerprint density at radius 3 is 2.81 bits per heavy atom. The third-order valence-corrected chi connectivity index (χ3v) is 2.40. The number of nitrogens with one attached hydrogen (secondary N) is 1. The molecule has 0 aliphatic carbocycles. The van der Waals surface area contributed by atoms with Crippen LogP contribution in [0.3, 0.4) is 0 Å². The highest BCUT2D eigenvalue weighted by molar-refractivity contribution is 4.98. The van der Waals surface area contributed by atoms with Gasteiger partial charge in [0.05, 0.1) is 18.3 Å². The summed E-state index contributed by atoms with van der Waals surface area (Å²) < 4.78 is 7.13. The molecule has 1 heterocycles. The van der Waals surface area contributed by atoms with Crippen molar-refractivity contribution in [2.45, 2.75) is 40.0 Å². The van der Waals surface area contributed by atoms with Gasteiger partial charge in [0.15, 0.2) is 0 Å². The van der Waals surface area contributed by atoms with Crippen LogP contribution in [0, 0.1) is 5.92 Å². The topological polar surface area (TPSA) is 39.1 Å². The average molecular weight is 225 g/mol. The van der Waals surface area contributed by atoms with Crippen LogP contribution in [-0.4, -0.2) is 29.5 Å². The molecular formula is C12H23N3O. The Kier molecular flexibility index (Phi) is 5.49. The van der Waals surface area contributed by atoms with Crippen molar-refractivity contribution in [3.63, 3.8) is 0 Å². The van der Waals surface area contributed by atoms with E-state index in [1.165, 1.54) is 0 Å². The lowest BCUT2D eigenvalue weighted by atomic mass is 10.2. The smallest absolute Gasteiger partial charge is 0.0762 e. The lowest BCUT2D eigenvalue weighted by molar-refractivity contribution is 0.0997. The zero-order valence-corrected chi connectivity index (χ0v) is 10.7. The van der Waals surface area contributed by atoms with Crippen molar-refractivity contribution in [1.29, 1.82) is 0 Å². The summed E-state index contributed by atoms with van der Waals surface area (Å²) in [5.74, 6) is 0.676. The average Bonchev–Trinajstić information content (AvgIpc) is 2.65. The Bertz CT molecular complexity index is 296. The molecule has 0 bridgehead atoms. The SMILES string of the molecule is COC(C)Cn1ccc(CNCC(C)C)n1. The molecule has 1 rings (SSSR count). The molecule has 4 nitrogen and oxygen atoms in total. The first kappa shape index (κ1) is 13.2. The molecule has 0 fully saturated rings. The van der Waals surface area contributed by atoms with Gasteiger partial charge in [-0.3, -0.25) is 4.68 Å². The number of nitrogens with zero attached hydrogens (tertiary/aromatic N) is 2. The third-order valence-electron chi connectivity index (χ3n) is 2.40. The van der Waals surface area contributed by atoms with Crippen molar-refractivity contribution >= 4 is 0 Å². The lowest BCUT2D eigenvalue weighted by Gasteiger charge is -2.09. The Labute approximate surface area is 98.0 Å². The number of ether oxygens (including phenoxy) is 1. The third kappa shape index (κ3) is 4.77. The van der Waals surface area contributed by atoms with Gasteiger partial charge in [0.25, 0.3) is 0 Å². The van der Waals surface area contributed by atoms with Gasteiger partial charge in [-0.25, -0.2) is 0 Å². The molecule has 0 aromatic carbocycles. The van der Waals surface area contributed by atoms with E-state index in [9.17, 15) is 0 Å². The monoisotopic (exact) mass is 225 g/mol. The molecule has 0 saturated carbocycles. The van der Waals surface area contributed by atoms with Crippen LogP contribution in [0.15, 0.2) is 12.3 Å². The van der Waals surface area contributed by atoms with Crippen molar-refractivity contribution in [2.75, 3.05) is 13.7 Å². The van der Waals surface area contributed by atoms with Crippen molar-refractivity contribution in [2.24, 2.45) is 5.92 Å². The van der Waals surface area contributed by atoms with E-state index in [0.717, 1.165) is 25.3 Å². The second kappa shape index (κ2) is 6.66. The van der Waals surface area contributed by atoms with Crippen LogP contribution >= 0.6 is 0 Å². The maximum atomic E-state index is 5.20. The molecule has 0 amide bonds. The van der Waals surface area contributed by atoms with Gasteiger partial charge in [-0.05, 0) is 25.5 Å². The predicted molar refractivity (Wildman–Crippen MR) is 65.2 cm³/mol. The van der Waals surface area contributed by atoms with E-state index in [-0.39, 0.29) is 6.10 Å². The summed E-state index contributed by atoms with van der Waals surface area (Å²) in [4.78, 5) is 0. The van der Waals surface area contributed by atoms with Crippen LogP contribution in [0.1, 0.15) is 26.5 Å². The first-order valence-corrected chi connectivity index (χ1v) is 5.87. The highest BCUT2D eigenvalue weighted by Crippen LogP contribution is 1.99. The van der Waals surface area contributed by atoms with Crippen LogP contribution in [-0.2, 0) is 17.8 Å². The maximum absolute atomic E-state index is 5.20. The van der Waals surface area contributed by atoms with Gasteiger partial charge >= 0.3 is 0 Å². The van der Waals surface area contributed by atoms with E-state index in [2.05, 4.69) is 30.3 Å². The predicted octanol–water partition coefficient (Wildman–Crippen LogP) is 1.66. The minimum absolute atomic E-state index is 0.205. The van der Waals surface area contributed by atoms with Gasteiger partial charge in [0.1, 0.15) is 0 Å². The Balaban J connectivity index is 2.33. The lowest BCUT2D eigenvalue weighted by Crippen LogP contribution is -2.20. The van der Waals surface area contributed by atoms with Gasteiger partial charge in [-0.15, -0.1) is 0 Å². The summed E-state index contributed by atoms with van der Waals surface area (Å²) in [7, 11) is 1.72. The molecule has 1 unspecified atom stereocenters. The van der Waals surface area contributed by atoms with Gasteiger partial charge < -0.3 is 10.1 Å². The molecule has 4 heteroatoms. The van der Waals surface area contributed by atoms with Gasteiger partial charge in [-0.2, -0.15) is 5.10 Å². The first-order chi connectivity index (χ1) is 7.61. The zero-order valence-electron chi connectivity index (χ0n) is 10.7. The molecule has 1 atom stereocenters. The number of rotatable bonds is 7. The fraction of sp³-hybridized carbons (Fsp3) is 0.750. The van der Waals surface area contributed by atoms with E-state index < -0.39 is 0 Å². The highest BCUT2D eigenvalue weighted by Gasteiger charge is 2.03. The molecule has 92 valence electrons. The Morgan fingerprint density at radius 2 is 2.19 bits per heavy atom. The molecular weight excluding hydrogens is 202 g/mol. The fourth-order valence-electron chi connectivity index (χ4n) is 1.43. The quantitative estimate of drug-likeness (QED) is 0.767. The second-order valence-corrected chi connectivity index (χ2v) is 4.60. The standard InChI is InChI=1S/C12H23N3O/c1-10(2)7-13-8-12-5-6-15(14-12)9-11(3)16-4/h5-6,10-11,13H,7-9H2,1-4H3. The van der Waals surface area contributed by atoms with E-state index in [1.807, 2.05) is 17.8 Å². The second-order valence-electron chi connectivity index (χ2n) is 4.60. The normalized spacial score (nSPS) is 13.3. The van der Waals surface area contributed by atoms with Crippen LogP contribution < -0.4 is 5.32 Å². The molecule has 1 N–H and O–H groups in total. The number of aromatic nitrogens is 2. The summed E-state index contributed by atoms with van der Waals surface area (Å²) in [6, 6.07) is 2.05. The number of methoxy groups -OCH3 is 1. The molecule has 0 radical (unpaired) electrons. The largest absolute Gasteiger partial charge is 0.380 e. The zero-order chi connectivity index (χ0) is 12.0. The van der Waals surface area contributed by atoms with E-state index in [1.54, 1.807) is 7.11 Å². The number of hydrogen-bond donors (Lipinski definition) is 1. The van der Waals surface area contributed by atoms with Crippen molar-refractivity contribution < 1.29 is 4.74 Å². The summed E-state index contributed by atoms with van der Waals surface area (Å²) in [5.41, 5.74) is 1.09. The van der Waals surface area contributed by atoms with Gasteiger partial charge in [0, 0.05) is 19.9 Å². The first-order valence-electron chi connectivity index (χ1n) is 5.87. The molecule has 0 aliphatic rings. The molecule has 1 aromatic heterocycles. The van der Waals surface area contributed by atoms with E-state index in [0.29, 0.717) is 5.92 Å². The van der Waals surface area contributed by atoms with E-state index >= 15 is 0 Å². The Hall–Kier alpha value is -0.870. The van der Waals surface area contributed by atoms with Crippen LogP contribution in [0.25, 0.3) is 0 Å². The van der Waals surface area contributed by atoms with Crippen LogP contribution in [0.4, 0.5) is 0 Å². The van der Waals surface area contributed by atoms with E-state index in [4.69, 9.17) is 4.74 Å². The maximum Gasteiger partial charge on any atom is 0.0762 e. The van der Waals surface area contributed by atoms with Crippen LogP contribution in [0.5, 0.6) is 0 Å². The minimum atomic E-state index is 0.205. The highest BCUT2D eigenvalue weighted by atomic mass is 16.5. The Morgan fingerprint density at radius 1 is 1.44 bits per heavy atom. The van der Waals surface area contributed by atoms with Crippen molar-refractivity contribution in [3.05, 3.63) is 18.0 Å². The summed E-state index contributed by atoms with van der Waals surface area (Å²) in [6.45, 7) is 9.12. The minimum Gasteiger partial charge on any atom is -0.380 e. The summed E-state index contributed by atoms with van der Waals surface area (Å²) in [5, 5.41) is 7.84. The van der Waals surface area contributed by atoms with Gasteiger partial charge in [0.2, 0.25) is 0 Å². The molecule has 0 spiro atoms. The number of hydrogen-bond acceptors (Lipinski definition) is 3. The van der Waals surface area contributed by atoms with Crippen molar-refractivity contribution in [1.82, 2.24) is 15.1 Å². The molecule has 16 heavy (non-hydrogen) atoms. The molecule has 0 aliphatic heterocycles. The summed E-state index contributed by atoms with van der Waals surface area (Å²) in [6.07, 6.45) is 2.21. The van der Waals surface area contributed by atoms with Gasteiger partial charge in [-0.1, -0.05) is 13.8 Å². The molecule has 0 saturated heterocycles. The van der Waals surface area contributed by atoms with Crippen molar-refractivity contribution in [3.8, 4) is 0 Å². The summed E-state index contributed by atoms with van der Waals surface area (Å²) >= 11 is 0.